The fourth-order valence-corrected chi connectivity index (χ4v) is 0.996. The largest absolute Gasteiger partial charge is 0.707 e. The maximum atomic E-state index is 13.2. The molecule has 0 fully saturated rings. The van der Waals surface area contributed by atoms with E-state index in [-0.39, 0.29) is 12.4 Å². The lowest BCUT2D eigenvalue weighted by Crippen LogP contribution is -2.20. The first-order valence-electron chi connectivity index (χ1n) is 3.93. The van der Waals surface area contributed by atoms with Crippen LogP contribution in [-0.4, -0.2) is 24.5 Å². The Hall–Kier alpha value is -1.11. The second-order valence-corrected chi connectivity index (χ2v) is 2.63. The molecule has 14 heavy (non-hydrogen) atoms. The third-order valence-electron chi connectivity index (χ3n) is 1.57. The van der Waals surface area contributed by atoms with Gasteiger partial charge in [-0.2, -0.15) is 0 Å². The number of hydrogen-bond acceptors (Lipinski definition) is 4. The van der Waals surface area contributed by atoms with Gasteiger partial charge in [0, 0.05) is 18.7 Å². The SMILES string of the molecule is COCc1ccc(OB(O)O)cc1F. The van der Waals surface area contributed by atoms with Crippen molar-refractivity contribution in [2.24, 2.45) is 0 Å². The van der Waals surface area contributed by atoms with Gasteiger partial charge in [-0.05, 0) is 6.07 Å². The molecular weight excluding hydrogens is 190 g/mol. The molecule has 0 aliphatic carbocycles. The summed E-state index contributed by atoms with van der Waals surface area (Å²) >= 11 is 0. The average Bonchev–Trinajstić information content (AvgIpc) is 2.09. The van der Waals surface area contributed by atoms with E-state index in [9.17, 15) is 4.39 Å². The topological polar surface area (TPSA) is 58.9 Å². The minimum Gasteiger partial charge on any atom is -0.512 e. The van der Waals surface area contributed by atoms with Gasteiger partial charge in [0.25, 0.3) is 0 Å². The zero-order chi connectivity index (χ0) is 10.6. The van der Waals surface area contributed by atoms with Crippen molar-refractivity contribution >= 4 is 7.32 Å². The first kappa shape index (κ1) is 11.0. The van der Waals surface area contributed by atoms with Gasteiger partial charge >= 0.3 is 7.32 Å². The standard InChI is InChI=1S/C8H10BFO4/c1-13-5-6-2-3-7(4-8(6)10)14-9(11)12/h2-4,11-12H,5H2,1H3. The first-order valence-corrected chi connectivity index (χ1v) is 3.93. The summed E-state index contributed by atoms with van der Waals surface area (Å²) in [6, 6.07) is 3.95. The maximum Gasteiger partial charge on any atom is 0.707 e. The number of halogens is 1. The van der Waals surface area contributed by atoms with E-state index in [4.69, 9.17) is 14.8 Å². The Morgan fingerprint density at radius 1 is 1.43 bits per heavy atom. The Labute approximate surface area is 81.1 Å². The monoisotopic (exact) mass is 200 g/mol. The molecule has 0 amide bonds. The normalized spacial score (nSPS) is 10.0. The molecule has 0 aliphatic rings. The Bertz CT molecular complexity index is 305. The highest BCUT2D eigenvalue weighted by atomic mass is 19.1. The van der Waals surface area contributed by atoms with Gasteiger partial charge in [-0.25, -0.2) is 4.39 Å². The van der Waals surface area contributed by atoms with E-state index in [0.29, 0.717) is 5.56 Å². The Morgan fingerprint density at radius 3 is 2.64 bits per heavy atom. The lowest BCUT2D eigenvalue weighted by molar-refractivity contribution is 0.181. The molecule has 0 heterocycles. The third-order valence-corrected chi connectivity index (χ3v) is 1.57. The number of benzene rings is 1. The summed E-state index contributed by atoms with van der Waals surface area (Å²) in [4.78, 5) is 0. The molecular formula is C8H10BFO4. The van der Waals surface area contributed by atoms with Crippen molar-refractivity contribution in [3.8, 4) is 5.75 Å². The van der Waals surface area contributed by atoms with Gasteiger partial charge in [-0.3, -0.25) is 0 Å². The summed E-state index contributed by atoms with van der Waals surface area (Å²) in [7, 11) is -0.482. The van der Waals surface area contributed by atoms with Crippen molar-refractivity contribution in [3.05, 3.63) is 29.6 Å². The molecule has 1 aromatic carbocycles. The summed E-state index contributed by atoms with van der Waals surface area (Å²) in [5, 5.41) is 16.9. The smallest absolute Gasteiger partial charge is 0.512 e. The van der Waals surface area contributed by atoms with E-state index in [1.807, 2.05) is 0 Å². The van der Waals surface area contributed by atoms with Crippen LogP contribution in [0, 0.1) is 5.82 Å². The lowest BCUT2D eigenvalue weighted by atomic mass is 10.2. The molecule has 1 aromatic rings. The van der Waals surface area contributed by atoms with Gasteiger partial charge < -0.3 is 19.4 Å². The van der Waals surface area contributed by atoms with Crippen molar-refractivity contribution in [1.29, 1.82) is 0 Å². The highest BCUT2D eigenvalue weighted by molar-refractivity contribution is 6.33. The first-order chi connectivity index (χ1) is 6.63. The minimum absolute atomic E-state index is 0.0531. The van der Waals surface area contributed by atoms with E-state index < -0.39 is 13.1 Å². The average molecular weight is 200 g/mol. The minimum atomic E-state index is -1.94. The summed E-state index contributed by atoms with van der Waals surface area (Å²) in [5.74, 6) is -0.456. The van der Waals surface area contributed by atoms with E-state index in [1.165, 1.54) is 19.2 Å². The molecule has 76 valence electrons. The molecule has 0 aromatic heterocycles. The van der Waals surface area contributed by atoms with Gasteiger partial charge in [0.05, 0.1) is 6.61 Å². The maximum absolute atomic E-state index is 13.2. The Balaban J connectivity index is 2.78. The fourth-order valence-electron chi connectivity index (χ4n) is 0.996. The second kappa shape index (κ2) is 4.95. The van der Waals surface area contributed by atoms with Gasteiger partial charge in [-0.1, -0.05) is 6.07 Å². The van der Waals surface area contributed by atoms with E-state index >= 15 is 0 Å². The molecule has 0 saturated carbocycles. The summed E-state index contributed by atoms with van der Waals surface area (Å²) in [6.45, 7) is 0.161. The van der Waals surface area contributed by atoms with Crippen LogP contribution in [0.4, 0.5) is 4.39 Å². The van der Waals surface area contributed by atoms with E-state index in [0.717, 1.165) is 6.07 Å². The molecule has 6 heteroatoms. The van der Waals surface area contributed by atoms with Crippen LogP contribution in [0.2, 0.25) is 0 Å². The summed E-state index contributed by atoms with van der Waals surface area (Å²) < 4.78 is 22.4. The van der Waals surface area contributed by atoms with Crippen LogP contribution in [0.15, 0.2) is 18.2 Å². The molecule has 4 nitrogen and oxygen atoms in total. The zero-order valence-corrected chi connectivity index (χ0v) is 7.61. The molecule has 0 saturated heterocycles. The van der Waals surface area contributed by atoms with E-state index in [1.54, 1.807) is 0 Å². The van der Waals surface area contributed by atoms with Gasteiger partial charge in [0.2, 0.25) is 0 Å². The fraction of sp³-hybridized carbons (Fsp3) is 0.250. The Kier molecular flexibility index (Phi) is 3.88. The van der Waals surface area contributed by atoms with Crippen molar-refractivity contribution in [2.75, 3.05) is 7.11 Å². The van der Waals surface area contributed by atoms with Crippen molar-refractivity contribution in [2.45, 2.75) is 6.61 Å². The number of rotatable bonds is 4. The van der Waals surface area contributed by atoms with Crippen molar-refractivity contribution < 1.29 is 23.8 Å². The van der Waals surface area contributed by atoms with Crippen molar-refractivity contribution in [3.63, 3.8) is 0 Å². The highest BCUT2D eigenvalue weighted by Crippen LogP contribution is 2.17. The van der Waals surface area contributed by atoms with Crippen LogP contribution in [-0.2, 0) is 11.3 Å². The molecule has 1 rings (SSSR count). The van der Waals surface area contributed by atoms with Crippen LogP contribution in [0.3, 0.4) is 0 Å². The number of methoxy groups -OCH3 is 1. The predicted molar refractivity (Wildman–Crippen MR) is 47.9 cm³/mol. The van der Waals surface area contributed by atoms with Crippen LogP contribution < -0.4 is 4.65 Å². The quantitative estimate of drug-likeness (QED) is 0.687. The van der Waals surface area contributed by atoms with E-state index in [2.05, 4.69) is 4.65 Å². The molecule has 0 spiro atoms. The molecule has 0 bridgehead atoms. The van der Waals surface area contributed by atoms with Gasteiger partial charge in [-0.15, -0.1) is 0 Å². The van der Waals surface area contributed by atoms with Crippen LogP contribution in [0.5, 0.6) is 5.75 Å². The van der Waals surface area contributed by atoms with Gasteiger partial charge in [0.1, 0.15) is 11.6 Å². The Morgan fingerprint density at radius 2 is 2.14 bits per heavy atom. The second-order valence-electron chi connectivity index (χ2n) is 2.63. The molecule has 0 aliphatic heterocycles. The van der Waals surface area contributed by atoms with Crippen LogP contribution >= 0.6 is 0 Å². The lowest BCUT2D eigenvalue weighted by Gasteiger charge is -2.06. The number of hydrogen-bond donors (Lipinski definition) is 2. The van der Waals surface area contributed by atoms with Gasteiger partial charge in [0.15, 0.2) is 0 Å². The molecule has 0 unspecified atom stereocenters. The summed E-state index contributed by atoms with van der Waals surface area (Å²) in [5.41, 5.74) is 0.382. The third kappa shape index (κ3) is 2.99. The summed E-state index contributed by atoms with van der Waals surface area (Å²) in [6.07, 6.45) is 0. The molecule has 0 atom stereocenters. The van der Waals surface area contributed by atoms with Crippen LogP contribution in [0.1, 0.15) is 5.56 Å². The predicted octanol–water partition coefficient (Wildman–Crippen LogP) is 0.320. The molecule has 0 radical (unpaired) electrons. The number of ether oxygens (including phenoxy) is 1. The van der Waals surface area contributed by atoms with Crippen molar-refractivity contribution in [1.82, 2.24) is 0 Å². The molecule has 2 N–H and O–H groups in total. The highest BCUT2D eigenvalue weighted by Gasteiger charge is 2.12. The zero-order valence-electron chi connectivity index (χ0n) is 7.61. The van der Waals surface area contributed by atoms with Crippen LogP contribution in [0.25, 0.3) is 0 Å².